The lowest BCUT2D eigenvalue weighted by molar-refractivity contribution is -0.0208. The van der Waals surface area contributed by atoms with E-state index >= 15 is 0 Å². The molecule has 1 heterocycles. The number of aldehydes is 1. The van der Waals surface area contributed by atoms with Crippen molar-refractivity contribution < 1.29 is 14.3 Å². The molecular formula is C22H29ClN2O3. The van der Waals surface area contributed by atoms with Gasteiger partial charge in [-0.1, -0.05) is 41.9 Å². The summed E-state index contributed by atoms with van der Waals surface area (Å²) in [5.41, 5.74) is 7.12. The van der Waals surface area contributed by atoms with E-state index in [1.807, 2.05) is 6.07 Å². The number of hydrogen-bond donors (Lipinski definition) is 1. The SMILES string of the molecule is CN1CCOC(c2ccccc2)C1.NCCCCOc1ccc(C=O)c(Cl)c1. The molecule has 1 saturated heterocycles. The number of halogens is 1. The van der Waals surface area contributed by atoms with Gasteiger partial charge in [-0.05, 0) is 50.2 Å². The van der Waals surface area contributed by atoms with Crippen LogP contribution in [0.5, 0.6) is 5.75 Å². The number of rotatable bonds is 7. The van der Waals surface area contributed by atoms with Crippen LogP contribution in [0.25, 0.3) is 0 Å². The van der Waals surface area contributed by atoms with Crippen LogP contribution in [0.2, 0.25) is 5.02 Å². The third kappa shape index (κ3) is 7.60. The fourth-order valence-corrected chi connectivity index (χ4v) is 2.99. The van der Waals surface area contributed by atoms with Crippen LogP contribution in [-0.2, 0) is 4.74 Å². The van der Waals surface area contributed by atoms with Gasteiger partial charge in [0.25, 0.3) is 0 Å². The van der Waals surface area contributed by atoms with E-state index in [9.17, 15) is 4.79 Å². The second-order valence-corrected chi connectivity index (χ2v) is 7.08. The minimum absolute atomic E-state index is 0.264. The summed E-state index contributed by atoms with van der Waals surface area (Å²) in [5, 5.41) is 0.418. The number of carbonyl (C=O) groups is 1. The van der Waals surface area contributed by atoms with Crippen molar-refractivity contribution >= 4 is 17.9 Å². The van der Waals surface area contributed by atoms with Crippen LogP contribution in [0.1, 0.15) is 34.9 Å². The Bertz CT molecular complexity index is 712. The highest BCUT2D eigenvalue weighted by molar-refractivity contribution is 6.33. The normalized spacial score (nSPS) is 16.8. The number of likely N-dealkylation sites (N-methyl/N-ethyl adjacent to an activating group) is 1. The molecule has 0 radical (unpaired) electrons. The lowest BCUT2D eigenvalue weighted by Gasteiger charge is -2.30. The Labute approximate surface area is 172 Å². The smallest absolute Gasteiger partial charge is 0.151 e. The predicted molar refractivity (Wildman–Crippen MR) is 113 cm³/mol. The maximum atomic E-state index is 10.5. The highest BCUT2D eigenvalue weighted by Gasteiger charge is 2.18. The largest absolute Gasteiger partial charge is 0.494 e. The van der Waals surface area contributed by atoms with E-state index in [0.717, 1.165) is 38.8 Å². The van der Waals surface area contributed by atoms with E-state index in [1.54, 1.807) is 18.2 Å². The minimum Gasteiger partial charge on any atom is -0.494 e. The molecule has 0 saturated carbocycles. The molecule has 0 aromatic heterocycles. The number of carbonyl (C=O) groups excluding carboxylic acids is 1. The topological polar surface area (TPSA) is 64.8 Å². The molecule has 5 nitrogen and oxygen atoms in total. The number of nitrogens with zero attached hydrogens (tertiary/aromatic N) is 1. The summed E-state index contributed by atoms with van der Waals surface area (Å²) in [6.07, 6.45) is 2.85. The Morgan fingerprint density at radius 3 is 2.68 bits per heavy atom. The maximum absolute atomic E-state index is 10.5. The van der Waals surface area contributed by atoms with Crippen molar-refractivity contribution in [3.8, 4) is 5.75 Å². The lowest BCUT2D eigenvalue weighted by atomic mass is 10.1. The van der Waals surface area contributed by atoms with Crippen LogP contribution in [0.4, 0.5) is 0 Å². The number of ether oxygens (including phenoxy) is 2. The van der Waals surface area contributed by atoms with Crippen molar-refractivity contribution in [2.75, 3.05) is 39.9 Å². The third-order valence-corrected chi connectivity index (χ3v) is 4.73. The zero-order valence-corrected chi connectivity index (χ0v) is 17.1. The van der Waals surface area contributed by atoms with Gasteiger partial charge in [0.1, 0.15) is 5.75 Å². The highest BCUT2D eigenvalue weighted by Crippen LogP contribution is 2.22. The van der Waals surface area contributed by atoms with Crippen LogP contribution in [0.3, 0.4) is 0 Å². The molecule has 0 aliphatic carbocycles. The Morgan fingerprint density at radius 2 is 2.04 bits per heavy atom. The molecule has 1 aliphatic rings. The van der Waals surface area contributed by atoms with Crippen molar-refractivity contribution in [2.24, 2.45) is 5.73 Å². The van der Waals surface area contributed by atoms with Gasteiger partial charge in [0.05, 0.1) is 24.3 Å². The summed E-state index contributed by atoms with van der Waals surface area (Å²) in [6.45, 7) is 4.19. The van der Waals surface area contributed by atoms with Crippen molar-refractivity contribution in [3.63, 3.8) is 0 Å². The molecule has 1 unspecified atom stereocenters. The van der Waals surface area contributed by atoms with Crippen molar-refractivity contribution in [1.82, 2.24) is 4.90 Å². The molecule has 6 heteroatoms. The van der Waals surface area contributed by atoms with Gasteiger partial charge in [0.15, 0.2) is 6.29 Å². The molecule has 1 atom stereocenters. The Kier molecular flexibility index (Phi) is 10.0. The standard InChI is InChI=1S/C11H14ClNO2.C11H15NO/c12-11-7-10(4-3-9(11)8-14)15-6-2-1-5-13;1-12-7-8-13-11(9-12)10-5-3-2-4-6-10/h3-4,7-8H,1-2,5-6,13H2;2-6,11H,7-9H2,1H3. The van der Waals surface area contributed by atoms with E-state index < -0.39 is 0 Å². The highest BCUT2D eigenvalue weighted by atomic mass is 35.5. The van der Waals surface area contributed by atoms with Crippen molar-refractivity contribution in [2.45, 2.75) is 18.9 Å². The predicted octanol–water partition coefficient (Wildman–Crippen LogP) is 3.96. The first kappa shape index (κ1) is 22.4. The van der Waals surface area contributed by atoms with E-state index in [-0.39, 0.29) is 6.10 Å². The van der Waals surface area contributed by atoms with E-state index in [2.05, 4.69) is 36.2 Å². The summed E-state index contributed by atoms with van der Waals surface area (Å²) in [6, 6.07) is 15.4. The lowest BCUT2D eigenvalue weighted by Crippen LogP contribution is -2.35. The van der Waals surface area contributed by atoms with Crippen molar-refractivity contribution in [3.05, 3.63) is 64.7 Å². The van der Waals surface area contributed by atoms with Gasteiger partial charge < -0.3 is 20.1 Å². The summed E-state index contributed by atoms with van der Waals surface area (Å²) < 4.78 is 11.1. The van der Waals surface area contributed by atoms with Crippen LogP contribution >= 0.6 is 11.6 Å². The van der Waals surface area contributed by atoms with Crippen LogP contribution < -0.4 is 10.5 Å². The molecule has 1 fully saturated rings. The van der Waals surface area contributed by atoms with Crippen molar-refractivity contribution in [1.29, 1.82) is 0 Å². The zero-order valence-electron chi connectivity index (χ0n) is 16.4. The average Bonchev–Trinajstić information content (AvgIpc) is 2.72. The van der Waals surface area contributed by atoms with Gasteiger partial charge in [-0.15, -0.1) is 0 Å². The summed E-state index contributed by atoms with van der Waals surface area (Å²) in [7, 11) is 2.14. The van der Waals surface area contributed by atoms with E-state index in [0.29, 0.717) is 29.5 Å². The molecule has 0 bridgehead atoms. The summed E-state index contributed by atoms with van der Waals surface area (Å²) in [4.78, 5) is 12.8. The summed E-state index contributed by atoms with van der Waals surface area (Å²) in [5.74, 6) is 0.683. The van der Waals surface area contributed by atoms with Crippen LogP contribution in [-0.4, -0.2) is 51.1 Å². The Balaban J connectivity index is 0.000000202. The average molecular weight is 405 g/mol. The second kappa shape index (κ2) is 12.5. The van der Waals surface area contributed by atoms with E-state index in [1.165, 1.54) is 5.56 Å². The minimum atomic E-state index is 0.264. The fourth-order valence-electron chi connectivity index (χ4n) is 2.78. The van der Waals surface area contributed by atoms with E-state index in [4.69, 9.17) is 26.8 Å². The number of morpholine rings is 1. The molecular weight excluding hydrogens is 376 g/mol. The molecule has 152 valence electrons. The van der Waals surface area contributed by atoms with Gasteiger partial charge in [0.2, 0.25) is 0 Å². The molecule has 2 aromatic rings. The number of benzene rings is 2. The number of nitrogens with two attached hydrogens (primary N) is 1. The maximum Gasteiger partial charge on any atom is 0.151 e. The van der Waals surface area contributed by atoms with Gasteiger partial charge in [-0.25, -0.2) is 0 Å². The molecule has 2 N–H and O–H groups in total. The van der Waals surface area contributed by atoms with Crippen LogP contribution in [0.15, 0.2) is 48.5 Å². The molecule has 28 heavy (non-hydrogen) atoms. The van der Waals surface area contributed by atoms with Gasteiger partial charge in [0, 0.05) is 18.7 Å². The van der Waals surface area contributed by atoms with Gasteiger partial charge in [-0.3, -0.25) is 4.79 Å². The Morgan fingerprint density at radius 1 is 1.25 bits per heavy atom. The molecule has 0 amide bonds. The molecule has 1 aliphatic heterocycles. The molecule has 0 spiro atoms. The van der Waals surface area contributed by atoms with Gasteiger partial charge >= 0.3 is 0 Å². The zero-order chi connectivity index (χ0) is 20.2. The Hall–Kier alpha value is -1.92. The van der Waals surface area contributed by atoms with Crippen LogP contribution in [0, 0.1) is 0 Å². The third-order valence-electron chi connectivity index (χ3n) is 4.41. The fraction of sp³-hybridized carbons (Fsp3) is 0.409. The second-order valence-electron chi connectivity index (χ2n) is 6.68. The summed E-state index contributed by atoms with van der Waals surface area (Å²) >= 11 is 5.84. The number of hydrogen-bond acceptors (Lipinski definition) is 5. The first-order valence-corrected chi connectivity index (χ1v) is 9.94. The number of unbranched alkanes of at least 4 members (excludes halogenated alkanes) is 1. The molecule has 2 aromatic carbocycles. The molecule has 3 rings (SSSR count). The monoisotopic (exact) mass is 404 g/mol. The van der Waals surface area contributed by atoms with Gasteiger partial charge in [-0.2, -0.15) is 0 Å². The first-order chi connectivity index (χ1) is 13.6. The quantitative estimate of drug-likeness (QED) is 0.559. The first-order valence-electron chi connectivity index (χ1n) is 9.56.